The summed E-state index contributed by atoms with van der Waals surface area (Å²) in [6.07, 6.45) is 0. The second-order valence-electron chi connectivity index (χ2n) is 6.47. The van der Waals surface area contributed by atoms with Gasteiger partial charge in [0.1, 0.15) is 0 Å². The lowest BCUT2D eigenvalue weighted by Crippen LogP contribution is -2.32. The number of aryl methyl sites for hydroxylation is 3. The predicted octanol–water partition coefficient (Wildman–Crippen LogP) is 4.28. The molecule has 2 aromatic carbocycles. The number of hydrogen-bond donors (Lipinski definition) is 1. The second kappa shape index (κ2) is 7.89. The molecule has 0 aliphatic carbocycles. The molecule has 27 heavy (non-hydrogen) atoms. The van der Waals surface area contributed by atoms with Crippen LogP contribution in [0.4, 0.5) is 5.69 Å². The van der Waals surface area contributed by atoms with Crippen molar-refractivity contribution in [3.63, 3.8) is 0 Å². The van der Waals surface area contributed by atoms with Gasteiger partial charge >= 0.3 is 0 Å². The average Bonchev–Trinajstić information content (AvgIpc) is 2.84. The molecular formula is C21H20ClNO3S. The van der Waals surface area contributed by atoms with E-state index in [1.165, 1.54) is 16.7 Å². The van der Waals surface area contributed by atoms with Crippen LogP contribution in [0.25, 0.3) is 5.57 Å². The number of carbonyl (C=O) groups is 2. The van der Waals surface area contributed by atoms with E-state index in [0.29, 0.717) is 26.9 Å². The Bertz CT molecular complexity index is 968. The Hall–Kier alpha value is -2.08. The van der Waals surface area contributed by atoms with Crippen molar-refractivity contribution < 1.29 is 14.7 Å². The number of imide groups is 1. The first-order chi connectivity index (χ1) is 12.8. The molecule has 0 aromatic heterocycles. The van der Waals surface area contributed by atoms with E-state index >= 15 is 0 Å². The number of rotatable bonds is 5. The predicted molar refractivity (Wildman–Crippen MR) is 111 cm³/mol. The van der Waals surface area contributed by atoms with E-state index in [-0.39, 0.29) is 18.4 Å². The van der Waals surface area contributed by atoms with Crippen LogP contribution in [0.2, 0.25) is 5.02 Å². The quantitative estimate of drug-likeness (QED) is 0.760. The monoisotopic (exact) mass is 401 g/mol. The van der Waals surface area contributed by atoms with Crippen molar-refractivity contribution in [2.75, 3.05) is 17.3 Å². The minimum absolute atomic E-state index is 0.0736. The smallest absolute Gasteiger partial charge is 0.272 e. The highest BCUT2D eigenvalue weighted by molar-refractivity contribution is 8.04. The lowest BCUT2D eigenvalue weighted by molar-refractivity contribution is -0.119. The third-order valence-corrected chi connectivity index (χ3v) is 5.72. The molecule has 1 aliphatic rings. The van der Waals surface area contributed by atoms with Crippen LogP contribution in [0.3, 0.4) is 0 Å². The average molecular weight is 402 g/mol. The third kappa shape index (κ3) is 3.68. The molecular weight excluding hydrogens is 382 g/mol. The van der Waals surface area contributed by atoms with Gasteiger partial charge in [0.15, 0.2) is 0 Å². The number of carbonyl (C=O) groups excluding carboxylic acids is 2. The van der Waals surface area contributed by atoms with Gasteiger partial charge in [-0.05, 0) is 55.7 Å². The molecule has 4 nitrogen and oxygen atoms in total. The Morgan fingerprint density at radius 3 is 2.37 bits per heavy atom. The van der Waals surface area contributed by atoms with Crippen molar-refractivity contribution in [2.24, 2.45) is 0 Å². The van der Waals surface area contributed by atoms with Crippen molar-refractivity contribution in [3.8, 4) is 0 Å². The van der Waals surface area contributed by atoms with Gasteiger partial charge < -0.3 is 5.11 Å². The maximum Gasteiger partial charge on any atom is 0.272 e. The zero-order valence-corrected chi connectivity index (χ0v) is 16.9. The van der Waals surface area contributed by atoms with E-state index in [2.05, 4.69) is 0 Å². The summed E-state index contributed by atoms with van der Waals surface area (Å²) in [5.74, 6) is -0.368. The number of anilines is 1. The van der Waals surface area contributed by atoms with Crippen LogP contribution in [0.15, 0.2) is 41.3 Å². The maximum atomic E-state index is 13.3. The summed E-state index contributed by atoms with van der Waals surface area (Å²) in [4.78, 5) is 28.0. The SMILES string of the molecule is Cc1ccc(C2=C(SCCO)C(=O)N(c3ccc(Cl)cc3C)C2=O)c(C)c1. The van der Waals surface area contributed by atoms with Gasteiger partial charge in [-0.3, -0.25) is 9.59 Å². The lowest BCUT2D eigenvalue weighted by atomic mass is 9.98. The van der Waals surface area contributed by atoms with Crippen molar-refractivity contribution in [2.45, 2.75) is 20.8 Å². The molecule has 0 unspecified atom stereocenters. The van der Waals surface area contributed by atoms with Crippen LogP contribution in [0.1, 0.15) is 22.3 Å². The number of aliphatic hydroxyl groups excluding tert-OH is 1. The summed E-state index contributed by atoms with van der Waals surface area (Å²) in [6.45, 7) is 5.66. The molecule has 1 heterocycles. The normalized spacial score (nSPS) is 14.5. The van der Waals surface area contributed by atoms with Crippen molar-refractivity contribution in [1.82, 2.24) is 0 Å². The zero-order chi connectivity index (χ0) is 19.7. The fraction of sp³-hybridized carbons (Fsp3) is 0.238. The van der Waals surface area contributed by atoms with Crippen LogP contribution in [-0.2, 0) is 9.59 Å². The van der Waals surface area contributed by atoms with Crippen LogP contribution in [0, 0.1) is 20.8 Å². The molecule has 3 rings (SSSR count). The number of benzene rings is 2. The highest BCUT2D eigenvalue weighted by Gasteiger charge is 2.41. The Morgan fingerprint density at radius 2 is 1.74 bits per heavy atom. The summed E-state index contributed by atoms with van der Waals surface area (Å²) >= 11 is 7.23. The van der Waals surface area contributed by atoms with Crippen LogP contribution >= 0.6 is 23.4 Å². The Morgan fingerprint density at radius 1 is 1.00 bits per heavy atom. The molecule has 2 amide bonds. The maximum absolute atomic E-state index is 13.3. The molecule has 1 N–H and O–H groups in total. The summed E-state index contributed by atoms with van der Waals surface area (Å²) < 4.78 is 0. The van der Waals surface area contributed by atoms with Crippen molar-refractivity contribution in [3.05, 3.63) is 68.6 Å². The molecule has 0 atom stereocenters. The molecule has 6 heteroatoms. The molecule has 2 aromatic rings. The highest BCUT2D eigenvalue weighted by atomic mass is 35.5. The van der Waals surface area contributed by atoms with Gasteiger partial charge in [-0.25, -0.2) is 4.90 Å². The van der Waals surface area contributed by atoms with Gasteiger partial charge in [0, 0.05) is 10.8 Å². The fourth-order valence-corrected chi connectivity index (χ4v) is 4.29. The Labute approximate surface area is 167 Å². The summed E-state index contributed by atoms with van der Waals surface area (Å²) in [5.41, 5.74) is 4.43. The summed E-state index contributed by atoms with van der Waals surface area (Å²) in [5, 5.41) is 9.77. The molecule has 0 fully saturated rings. The van der Waals surface area contributed by atoms with Crippen LogP contribution < -0.4 is 4.90 Å². The largest absolute Gasteiger partial charge is 0.396 e. The molecule has 140 valence electrons. The number of amides is 2. The van der Waals surface area contributed by atoms with Crippen molar-refractivity contribution in [1.29, 1.82) is 0 Å². The minimum Gasteiger partial charge on any atom is -0.396 e. The first-order valence-electron chi connectivity index (χ1n) is 8.55. The first-order valence-corrected chi connectivity index (χ1v) is 9.92. The Kier molecular flexibility index (Phi) is 5.75. The number of nitrogens with zero attached hydrogens (tertiary/aromatic N) is 1. The molecule has 0 bridgehead atoms. The standard InChI is InChI=1S/C21H20ClNO3S/c1-12-4-6-16(13(2)10-12)18-19(27-9-8-24)21(26)23(20(18)25)17-7-5-15(22)11-14(17)3/h4-7,10-11,24H,8-9H2,1-3H3. The van der Waals surface area contributed by atoms with E-state index in [4.69, 9.17) is 11.6 Å². The topological polar surface area (TPSA) is 57.6 Å². The molecule has 0 saturated carbocycles. The lowest BCUT2D eigenvalue weighted by Gasteiger charge is -2.18. The molecule has 0 radical (unpaired) electrons. The third-order valence-electron chi connectivity index (χ3n) is 4.43. The van der Waals surface area contributed by atoms with Crippen molar-refractivity contribution >= 4 is 46.4 Å². The number of thioether (sulfide) groups is 1. The van der Waals surface area contributed by atoms with Gasteiger partial charge in [0.2, 0.25) is 0 Å². The number of aliphatic hydroxyl groups is 1. The summed E-state index contributed by atoms with van der Waals surface area (Å²) in [7, 11) is 0. The van der Waals surface area contributed by atoms with E-state index in [1.54, 1.807) is 18.2 Å². The van der Waals surface area contributed by atoms with Crippen LogP contribution in [0.5, 0.6) is 0 Å². The fourth-order valence-electron chi connectivity index (χ4n) is 3.21. The number of halogens is 1. The van der Waals surface area contributed by atoms with E-state index in [1.807, 2.05) is 39.0 Å². The molecule has 0 saturated heterocycles. The summed E-state index contributed by atoms with van der Waals surface area (Å²) in [6, 6.07) is 10.9. The number of hydrogen-bond acceptors (Lipinski definition) is 4. The Balaban J connectivity index is 2.14. The van der Waals surface area contributed by atoms with E-state index in [9.17, 15) is 14.7 Å². The van der Waals surface area contributed by atoms with Gasteiger partial charge in [0.05, 0.1) is 22.8 Å². The van der Waals surface area contributed by atoms with Gasteiger partial charge in [-0.2, -0.15) is 0 Å². The zero-order valence-electron chi connectivity index (χ0n) is 15.4. The van der Waals surface area contributed by atoms with Gasteiger partial charge in [0.25, 0.3) is 11.8 Å². The molecule has 0 spiro atoms. The minimum atomic E-state index is -0.362. The van der Waals surface area contributed by atoms with Gasteiger partial charge in [-0.15, -0.1) is 11.8 Å². The molecule has 1 aliphatic heterocycles. The van der Waals surface area contributed by atoms with Crippen LogP contribution in [-0.4, -0.2) is 29.3 Å². The van der Waals surface area contributed by atoms with E-state index in [0.717, 1.165) is 22.3 Å². The first kappa shape index (κ1) is 19.7. The van der Waals surface area contributed by atoms with E-state index < -0.39 is 0 Å². The second-order valence-corrected chi connectivity index (χ2v) is 8.01. The highest BCUT2D eigenvalue weighted by Crippen LogP contribution is 2.40. The van der Waals surface area contributed by atoms with Gasteiger partial charge in [-0.1, -0.05) is 35.4 Å².